The first-order valence-corrected chi connectivity index (χ1v) is 5.67. The first kappa shape index (κ1) is 10.5. The third-order valence-electron chi connectivity index (χ3n) is 2.83. The van der Waals surface area contributed by atoms with Crippen molar-refractivity contribution >= 4 is 23.1 Å². The maximum Gasteiger partial charge on any atom is 0.100 e. The quantitative estimate of drug-likeness (QED) is 0.772. The predicted molar refractivity (Wildman–Crippen MR) is 65.1 cm³/mol. The zero-order valence-corrected chi connectivity index (χ0v) is 9.64. The van der Waals surface area contributed by atoms with Crippen LogP contribution in [-0.4, -0.2) is 12.4 Å². The zero-order chi connectivity index (χ0) is 10.8. The van der Waals surface area contributed by atoms with Gasteiger partial charge in [0, 0.05) is 23.7 Å². The van der Waals surface area contributed by atoms with E-state index < -0.39 is 0 Å². The van der Waals surface area contributed by atoms with Gasteiger partial charge < -0.3 is 4.90 Å². The maximum absolute atomic E-state index is 7.93. The van der Waals surface area contributed by atoms with E-state index in [1.54, 1.807) is 0 Å². The Bertz CT molecular complexity index is 387. The monoisotopic (exact) mass is 222 g/mol. The van der Waals surface area contributed by atoms with Gasteiger partial charge in [0.2, 0.25) is 0 Å². The van der Waals surface area contributed by atoms with Gasteiger partial charge in [-0.15, -0.1) is 0 Å². The van der Waals surface area contributed by atoms with Gasteiger partial charge in [-0.05, 0) is 37.5 Å². The summed E-state index contributed by atoms with van der Waals surface area (Å²) in [6, 6.07) is 5.87. The second-order valence-electron chi connectivity index (χ2n) is 3.99. The molecule has 1 heterocycles. The summed E-state index contributed by atoms with van der Waals surface area (Å²) in [5.41, 5.74) is 2.28. The SMILES string of the molecule is Cc1ccc(Cl)cc1N1CCCCC1=N. The molecule has 15 heavy (non-hydrogen) atoms. The minimum atomic E-state index is 0.714. The van der Waals surface area contributed by atoms with Crippen molar-refractivity contribution in [3.63, 3.8) is 0 Å². The number of rotatable bonds is 1. The van der Waals surface area contributed by atoms with Crippen LogP contribution in [0.3, 0.4) is 0 Å². The Morgan fingerprint density at radius 3 is 2.87 bits per heavy atom. The first-order valence-electron chi connectivity index (χ1n) is 5.29. The molecule has 0 unspecified atom stereocenters. The summed E-state index contributed by atoms with van der Waals surface area (Å²) in [6.45, 7) is 3.01. The van der Waals surface area contributed by atoms with Crippen LogP contribution in [0, 0.1) is 12.3 Å². The molecule has 0 saturated carbocycles. The van der Waals surface area contributed by atoms with Gasteiger partial charge in [0.25, 0.3) is 0 Å². The molecule has 3 heteroatoms. The van der Waals surface area contributed by atoms with Crippen molar-refractivity contribution in [1.29, 1.82) is 5.41 Å². The second-order valence-corrected chi connectivity index (χ2v) is 4.42. The fourth-order valence-corrected chi connectivity index (χ4v) is 2.14. The van der Waals surface area contributed by atoms with E-state index in [0.29, 0.717) is 5.84 Å². The summed E-state index contributed by atoms with van der Waals surface area (Å²) >= 11 is 5.99. The number of amidine groups is 1. The van der Waals surface area contributed by atoms with Gasteiger partial charge in [-0.1, -0.05) is 17.7 Å². The molecule has 1 saturated heterocycles. The Balaban J connectivity index is 2.34. The van der Waals surface area contributed by atoms with E-state index in [4.69, 9.17) is 17.0 Å². The molecule has 2 rings (SSSR count). The molecular weight excluding hydrogens is 208 g/mol. The molecule has 0 amide bonds. The molecule has 1 aliphatic heterocycles. The molecule has 0 radical (unpaired) electrons. The summed E-state index contributed by atoms with van der Waals surface area (Å²) in [7, 11) is 0. The van der Waals surface area contributed by atoms with E-state index >= 15 is 0 Å². The largest absolute Gasteiger partial charge is 0.330 e. The topological polar surface area (TPSA) is 27.1 Å². The number of halogens is 1. The number of hydrogen-bond donors (Lipinski definition) is 1. The lowest BCUT2D eigenvalue weighted by atomic mass is 10.1. The molecule has 1 aliphatic rings. The van der Waals surface area contributed by atoms with Crippen LogP contribution in [-0.2, 0) is 0 Å². The van der Waals surface area contributed by atoms with Crippen LogP contribution < -0.4 is 4.90 Å². The number of hydrogen-bond acceptors (Lipinski definition) is 1. The number of nitrogens with zero attached hydrogens (tertiary/aromatic N) is 1. The Morgan fingerprint density at radius 2 is 2.13 bits per heavy atom. The molecule has 0 bridgehead atoms. The lowest BCUT2D eigenvalue weighted by Crippen LogP contribution is -2.35. The van der Waals surface area contributed by atoms with Crippen molar-refractivity contribution < 1.29 is 0 Å². The molecule has 1 aromatic rings. The van der Waals surface area contributed by atoms with Gasteiger partial charge in [0.05, 0.1) is 0 Å². The third kappa shape index (κ3) is 2.15. The van der Waals surface area contributed by atoms with Gasteiger partial charge in [-0.2, -0.15) is 0 Å². The number of aryl methyl sites for hydroxylation is 1. The third-order valence-corrected chi connectivity index (χ3v) is 3.07. The van der Waals surface area contributed by atoms with Crippen molar-refractivity contribution in [2.75, 3.05) is 11.4 Å². The number of anilines is 1. The summed E-state index contributed by atoms with van der Waals surface area (Å²) in [4.78, 5) is 2.07. The van der Waals surface area contributed by atoms with Crippen LogP contribution in [0.5, 0.6) is 0 Å². The number of nitrogens with one attached hydrogen (secondary N) is 1. The Labute approximate surface area is 95.4 Å². The van der Waals surface area contributed by atoms with E-state index in [1.807, 2.05) is 18.2 Å². The smallest absolute Gasteiger partial charge is 0.100 e. The predicted octanol–water partition coefficient (Wildman–Crippen LogP) is 3.62. The zero-order valence-electron chi connectivity index (χ0n) is 8.89. The normalized spacial score (nSPS) is 16.9. The highest BCUT2D eigenvalue weighted by atomic mass is 35.5. The molecule has 0 aliphatic carbocycles. The molecule has 80 valence electrons. The summed E-state index contributed by atoms with van der Waals surface area (Å²) in [6.07, 6.45) is 3.18. The molecule has 0 aromatic heterocycles. The average Bonchev–Trinajstić information content (AvgIpc) is 2.23. The van der Waals surface area contributed by atoms with E-state index in [2.05, 4.69) is 11.8 Å². The standard InChI is InChI=1S/C12H15ClN2/c1-9-5-6-10(13)8-11(9)15-7-3-2-4-12(15)14/h5-6,8,14H,2-4,7H2,1H3. The molecule has 1 aromatic carbocycles. The van der Waals surface area contributed by atoms with Gasteiger partial charge in [-0.3, -0.25) is 5.41 Å². The molecule has 2 nitrogen and oxygen atoms in total. The Morgan fingerprint density at radius 1 is 1.33 bits per heavy atom. The van der Waals surface area contributed by atoms with E-state index in [1.165, 1.54) is 5.56 Å². The van der Waals surface area contributed by atoms with Crippen molar-refractivity contribution in [2.45, 2.75) is 26.2 Å². The van der Waals surface area contributed by atoms with Gasteiger partial charge in [-0.25, -0.2) is 0 Å². The fourth-order valence-electron chi connectivity index (χ4n) is 1.97. The van der Waals surface area contributed by atoms with Crippen molar-refractivity contribution in [1.82, 2.24) is 0 Å². The number of piperidine rings is 1. The number of benzene rings is 1. The highest BCUT2D eigenvalue weighted by Crippen LogP contribution is 2.27. The van der Waals surface area contributed by atoms with Crippen molar-refractivity contribution in [3.05, 3.63) is 28.8 Å². The highest BCUT2D eigenvalue weighted by Gasteiger charge is 2.18. The minimum absolute atomic E-state index is 0.714. The van der Waals surface area contributed by atoms with Gasteiger partial charge in [0.15, 0.2) is 0 Å². The van der Waals surface area contributed by atoms with Crippen LogP contribution in [0.1, 0.15) is 24.8 Å². The molecule has 1 fully saturated rings. The van der Waals surface area contributed by atoms with Crippen LogP contribution in [0.2, 0.25) is 5.02 Å². The lowest BCUT2D eigenvalue weighted by Gasteiger charge is -2.30. The van der Waals surface area contributed by atoms with Crippen LogP contribution >= 0.6 is 11.6 Å². The molecular formula is C12H15ClN2. The Hall–Kier alpha value is -1.02. The molecule has 1 N–H and O–H groups in total. The van der Waals surface area contributed by atoms with E-state index in [0.717, 1.165) is 36.5 Å². The second kappa shape index (κ2) is 4.23. The van der Waals surface area contributed by atoms with Crippen LogP contribution in [0.4, 0.5) is 5.69 Å². The first-order chi connectivity index (χ1) is 7.18. The van der Waals surface area contributed by atoms with Gasteiger partial charge >= 0.3 is 0 Å². The summed E-state index contributed by atoms with van der Waals surface area (Å²) in [5, 5.41) is 8.68. The van der Waals surface area contributed by atoms with Crippen molar-refractivity contribution in [3.8, 4) is 0 Å². The van der Waals surface area contributed by atoms with E-state index in [-0.39, 0.29) is 0 Å². The minimum Gasteiger partial charge on any atom is -0.330 e. The van der Waals surface area contributed by atoms with Crippen molar-refractivity contribution in [2.24, 2.45) is 0 Å². The van der Waals surface area contributed by atoms with Crippen LogP contribution in [0.15, 0.2) is 18.2 Å². The average molecular weight is 223 g/mol. The van der Waals surface area contributed by atoms with E-state index in [9.17, 15) is 0 Å². The fraction of sp³-hybridized carbons (Fsp3) is 0.417. The molecule has 0 spiro atoms. The summed E-state index contributed by atoms with van der Waals surface area (Å²) < 4.78 is 0. The maximum atomic E-state index is 7.93. The van der Waals surface area contributed by atoms with Gasteiger partial charge in [0.1, 0.15) is 5.84 Å². The summed E-state index contributed by atoms with van der Waals surface area (Å²) in [5.74, 6) is 0.714. The van der Waals surface area contributed by atoms with Crippen LogP contribution in [0.25, 0.3) is 0 Å². The Kier molecular flexibility index (Phi) is 2.96. The highest BCUT2D eigenvalue weighted by molar-refractivity contribution is 6.31. The molecule has 0 atom stereocenters. The lowest BCUT2D eigenvalue weighted by molar-refractivity contribution is 0.706.